The lowest BCUT2D eigenvalue weighted by Gasteiger charge is -2.35. The number of ether oxygens (including phenoxy) is 1. The maximum atomic E-state index is 13.1. The Morgan fingerprint density at radius 2 is 1.87 bits per heavy atom. The molecule has 0 radical (unpaired) electrons. The average Bonchev–Trinajstić information content (AvgIpc) is 2.73. The molecule has 2 aliphatic rings. The van der Waals surface area contributed by atoms with E-state index in [0.717, 1.165) is 5.56 Å². The van der Waals surface area contributed by atoms with Crippen molar-refractivity contribution < 1.29 is 21.9 Å². The molecule has 0 amide bonds. The van der Waals surface area contributed by atoms with Gasteiger partial charge in [0.2, 0.25) is 10.0 Å². The first-order valence-electron chi connectivity index (χ1n) is 9.48. The van der Waals surface area contributed by atoms with Crippen molar-refractivity contribution in [3.63, 3.8) is 0 Å². The summed E-state index contributed by atoms with van der Waals surface area (Å²) in [6, 6.07) is 8.09. The van der Waals surface area contributed by atoms with Crippen molar-refractivity contribution >= 4 is 33.5 Å². The summed E-state index contributed by atoms with van der Waals surface area (Å²) < 4.78 is 57.0. The zero-order valence-electron chi connectivity index (χ0n) is 16.0. The maximum Gasteiger partial charge on any atom is 0.387 e. The molecule has 1 fully saturated rings. The van der Waals surface area contributed by atoms with Gasteiger partial charge >= 0.3 is 6.61 Å². The fourth-order valence-electron chi connectivity index (χ4n) is 3.74. The number of rotatable bonds is 5. The third-order valence-corrected chi connectivity index (χ3v) is 7.57. The molecule has 0 spiro atoms. The second kappa shape index (κ2) is 8.49. The molecule has 1 saturated heterocycles. The summed E-state index contributed by atoms with van der Waals surface area (Å²) in [7, 11) is -3.61. The molecular formula is C20H20ClF2N3O3S. The van der Waals surface area contributed by atoms with Crippen molar-refractivity contribution in [2.75, 3.05) is 31.1 Å². The predicted molar refractivity (Wildman–Crippen MR) is 111 cm³/mol. The van der Waals surface area contributed by atoms with E-state index in [0.29, 0.717) is 60.3 Å². The first kappa shape index (κ1) is 21.0. The van der Waals surface area contributed by atoms with E-state index in [1.807, 2.05) is 4.90 Å². The number of aryl methyl sites for hydroxylation is 1. The molecule has 2 aromatic rings. The summed E-state index contributed by atoms with van der Waals surface area (Å²) >= 11 is 6.20. The van der Waals surface area contributed by atoms with Gasteiger partial charge in [-0.1, -0.05) is 17.7 Å². The van der Waals surface area contributed by atoms with Crippen LogP contribution in [0.2, 0.25) is 5.02 Å². The second-order valence-electron chi connectivity index (χ2n) is 7.05. The largest absolute Gasteiger partial charge is 0.435 e. The smallest absolute Gasteiger partial charge is 0.387 e. The molecular weight excluding hydrogens is 436 g/mol. The predicted octanol–water partition coefficient (Wildman–Crippen LogP) is 3.78. The Kier molecular flexibility index (Phi) is 5.95. The Balaban J connectivity index is 1.48. The second-order valence-corrected chi connectivity index (χ2v) is 9.45. The molecule has 160 valence electrons. The SMILES string of the molecule is O=S(=O)(C1=Cc2ccc(OC(F)F)cc2CC1)N1CCN(c2ncccc2Cl)CC1. The lowest BCUT2D eigenvalue weighted by Crippen LogP contribution is -2.49. The molecule has 0 bridgehead atoms. The van der Waals surface area contributed by atoms with Crippen LogP contribution in [-0.2, 0) is 16.4 Å². The van der Waals surface area contributed by atoms with Gasteiger partial charge in [-0.15, -0.1) is 0 Å². The molecule has 0 unspecified atom stereocenters. The number of hydrogen-bond acceptors (Lipinski definition) is 5. The number of benzene rings is 1. The van der Waals surface area contributed by atoms with Gasteiger partial charge < -0.3 is 9.64 Å². The third kappa shape index (κ3) is 4.28. The van der Waals surface area contributed by atoms with E-state index in [2.05, 4.69) is 9.72 Å². The topological polar surface area (TPSA) is 62.7 Å². The standard InChI is InChI=1S/C20H20ClF2N3O3S/c21-18-2-1-7-24-19(18)25-8-10-26(11-9-25)30(27,28)17-6-4-14-12-16(29-20(22)23)5-3-15(14)13-17/h1-3,5,7,12-13,20H,4,6,8-11H2. The number of anilines is 1. The highest BCUT2D eigenvalue weighted by molar-refractivity contribution is 7.93. The van der Waals surface area contributed by atoms with E-state index in [9.17, 15) is 17.2 Å². The van der Waals surface area contributed by atoms with E-state index >= 15 is 0 Å². The molecule has 1 aliphatic carbocycles. The summed E-state index contributed by atoms with van der Waals surface area (Å²) in [4.78, 5) is 6.60. The van der Waals surface area contributed by atoms with Crippen LogP contribution >= 0.6 is 11.6 Å². The van der Waals surface area contributed by atoms with Gasteiger partial charge in [-0.2, -0.15) is 13.1 Å². The molecule has 10 heteroatoms. The van der Waals surface area contributed by atoms with Crippen LogP contribution in [0, 0.1) is 0 Å². The average molecular weight is 456 g/mol. The van der Waals surface area contributed by atoms with Crippen LogP contribution in [-0.4, -0.2) is 50.5 Å². The maximum absolute atomic E-state index is 13.1. The molecule has 4 rings (SSSR count). The Morgan fingerprint density at radius 1 is 1.10 bits per heavy atom. The van der Waals surface area contributed by atoms with Gasteiger partial charge in [-0.05, 0) is 54.3 Å². The summed E-state index contributed by atoms with van der Waals surface area (Å²) in [6.07, 6.45) is 4.05. The van der Waals surface area contributed by atoms with Gasteiger partial charge in [0, 0.05) is 32.4 Å². The van der Waals surface area contributed by atoms with E-state index in [1.165, 1.54) is 16.4 Å². The van der Waals surface area contributed by atoms with Gasteiger partial charge in [-0.3, -0.25) is 0 Å². The van der Waals surface area contributed by atoms with Gasteiger partial charge in [-0.25, -0.2) is 13.4 Å². The van der Waals surface area contributed by atoms with Crippen LogP contribution in [0.5, 0.6) is 5.75 Å². The molecule has 6 nitrogen and oxygen atoms in total. The summed E-state index contributed by atoms with van der Waals surface area (Å²) in [5, 5.41) is 0.538. The van der Waals surface area contributed by atoms with Crippen LogP contribution < -0.4 is 9.64 Å². The molecule has 2 heterocycles. The number of alkyl halides is 2. The minimum Gasteiger partial charge on any atom is -0.435 e. The number of allylic oxidation sites excluding steroid dienone is 1. The molecule has 30 heavy (non-hydrogen) atoms. The summed E-state index contributed by atoms with van der Waals surface area (Å²) in [5.74, 6) is 0.733. The van der Waals surface area contributed by atoms with Crippen LogP contribution in [0.15, 0.2) is 41.4 Å². The van der Waals surface area contributed by atoms with Gasteiger partial charge in [0.1, 0.15) is 11.6 Å². The van der Waals surface area contributed by atoms with Gasteiger partial charge in [0.25, 0.3) is 0 Å². The van der Waals surface area contributed by atoms with Crippen LogP contribution in [0.4, 0.5) is 14.6 Å². The van der Waals surface area contributed by atoms with E-state index < -0.39 is 16.6 Å². The number of fused-ring (bicyclic) bond motifs is 1. The van der Waals surface area contributed by atoms with Crippen molar-refractivity contribution in [3.05, 3.63) is 57.6 Å². The minimum atomic E-state index is -3.61. The molecule has 0 saturated carbocycles. The molecule has 1 aromatic heterocycles. The number of sulfonamides is 1. The lowest BCUT2D eigenvalue weighted by molar-refractivity contribution is -0.0498. The number of nitrogens with zero attached hydrogens (tertiary/aromatic N) is 3. The summed E-state index contributed by atoms with van der Waals surface area (Å²) in [6.45, 7) is -1.23. The zero-order chi connectivity index (χ0) is 21.3. The first-order valence-corrected chi connectivity index (χ1v) is 11.3. The number of pyridine rings is 1. The van der Waals surface area contributed by atoms with Gasteiger partial charge in [0.15, 0.2) is 0 Å². The quantitative estimate of drug-likeness (QED) is 0.686. The Hall–Kier alpha value is -2.23. The Bertz CT molecular complexity index is 1070. The Labute approximate surface area is 178 Å². The fraction of sp³-hybridized carbons (Fsp3) is 0.350. The highest BCUT2D eigenvalue weighted by Crippen LogP contribution is 2.32. The van der Waals surface area contributed by atoms with Crippen LogP contribution in [0.1, 0.15) is 17.5 Å². The summed E-state index contributed by atoms with van der Waals surface area (Å²) in [5.41, 5.74) is 1.50. The molecule has 1 aromatic carbocycles. The van der Waals surface area contributed by atoms with Crippen molar-refractivity contribution in [2.24, 2.45) is 0 Å². The van der Waals surface area contributed by atoms with Crippen molar-refractivity contribution in [1.82, 2.24) is 9.29 Å². The van der Waals surface area contributed by atoms with Crippen molar-refractivity contribution in [3.8, 4) is 5.75 Å². The number of hydrogen-bond donors (Lipinski definition) is 0. The fourth-order valence-corrected chi connectivity index (χ4v) is 5.59. The van der Waals surface area contributed by atoms with Crippen molar-refractivity contribution in [2.45, 2.75) is 19.5 Å². The van der Waals surface area contributed by atoms with E-state index in [-0.39, 0.29) is 5.75 Å². The third-order valence-electron chi connectivity index (χ3n) is 5.25. The first-order chi connectivity index (χ1) is 14.3. The highest BCUT2D eigenvalue weighted by atomic mass is 35.5. The zero-order valence-corrected chi connectivity index (χ0v) is 17.5. The normalized spacial score (nSPS) is 17.6. The number of aromatic nitrogens is 1. The van der Waals surface area contributed by atoms with Gasteiger partial charge in [0.05, 0.1) is 9.93 Å². The Morgan fingerprint density at radius 3 is 2.57 bits per heavy atom. The lowest BCUT2D eigenvalue weighted by atomic mass is 9.97. The molecule has 1 aliphatic heterocycles. The van der Waals surface area contributed by atoms with E-state index in [1.54, 1.807) is 30.5 Å². The van der Waals surface area contributed by atoms with E-state index in [4.69, 9.17) is 11.6 Å². The number of piperazine rings is 1. The minimum absolute atomic E-state index is 0.0766. The van der Waals surface area contributed by atoms with Crippen LogP contribution in [0.3, 0.4) is 0 Å². The van der Waals surface area contributed by atoms with Crippen molar-refractivity contribution in [1.29, 1.82) is 0 Å². The number of halogens is 3. The molecule has 0 N–H and O–H groups in total. The highest BCUT2D eigenvalue weighted by Gasteiger charge is 2.32. The monoisotopic (exact) mass is 455 g/mol. The van der Waals surface area contributed by atoms with Crippen LogP contribution in [0.25, 0.3) is 6.08 Å². The molecule has 0 atom stereocenters.